The van der Waals surface area contributed by atoms with E-state index in [4.69, 9.17) is 26.8 Å². The molecule has 23 heavy (non-hydrogen) atoms. The predicted octanol–water partition coefficient (Wildman–Crippen LogP) is 1.52. The first-order valence-electron chi connectivity index (χ1n) is 6.38. The van der Waals surface area contributed by atoms with Crippen LogP contribution >= 0.6 is 11.6 Å². The minimum Gasteiger partial charge on any atom is -0.495 e. The summed E-state index contributed by atoms with van der Waals surface area (Å²) in [5.41, 5.74) is 5.71. The Hall–Kier alpha value is -2.87. The van der Waals surface area contributed by atoms with E-state index in [0.717, 1.165) is 0 Å². The maximum atomic E-state index is 11.9. The van der Waals surface area contributed by atoms with Crippen molar-refractivity contribution >= 4 is 35.0 Å². The van der Waals surface area contributed by atoms with Gasteiger partial charge in [-0.05, 0) is 18.2 Å². The topological polar surface area (TPSA) is 116 Å². The Kier molecular flexibility index (Phi) is 5.32. The average molecular weight is 337 g/mol. The highest BCUT2D eigenvalue weighted by molar-refractivity contribution is 6.31. The normalized spacial score (nSPS) is 10.0. The van der Waals surface area contributed by atoms with Crippen LogP contribution in [0.15, 0.2) is 30.6 Å². The number of methoxy groups -OCH3 is 1. The van der Waals surface area contributed by atoms with Crippen LogP contribution in [0.25, 0.3) is 0 Å². The zero-order valence-corrected chi connectivity index (χ0v) is 12.8. The molecule has 2 rings (SSSR count). The van der Waals surface area contributed by atoms with Gasteiger partial charge in [-0.25, -0.2) is 14.8 Å². The molecular weight excluding hydrogens is 324 g/mol. The van der Waals surface area contributed by atoms with Crippen LogP contribution in [0, 0.1) is 0 Å². The Morgan fingerprint density at radius 3 is 2.74 bits per heavy atom. The van der Waals surface area contributed by atoms with E-state index in [1.165, 1.54) is 25.6 Å². The number of amides is 1. The molecule has 9 heteroatoms. The number of halogens is 1. The summed E-state index contributed by atoms with van der Waals surface area (Å²) in [7, 11) is 1.45. The van der Waals surface area contributed by atoms with E-state index in [9.17, 15) is 9.59 Å². The van der Waals surface area contributed by atoms with Crippen molar-refractivity contribution in [3.63, 3.8) is 0 Å². The zero-order valence-electron chi connectivity index (χ0n) is 12.1. The SMILES string of the molecule is COc1ccc(Cl)cc1NC(=O)COC(=O)c1nccnc1N. The van der Waals surface area contributed by atoms with Crippen LogP contribution < -0.4 is 15.8 Å². The number of benzene rings is 1. The number of aromatic nitrogens is 2. The lowest BCUT2D eigenvalue weighted by Gasteiger charge is -2.10. The van der Waals surface area contributed by atoms with Crippen molar-refractivity contribution in [2.75, 3.05) is 24.8 Å². The molecular formula is C14H13ClN4O4. The number of hydrogen-bond acceptors (Lipinski definition) is 7. The quantitative estimate of drug-likeness (QED) is 0.795. The van der Waals surface area contributed by atoms with Crippen molar-refractivity contribution in [2.24, 2.45) is 0 Å². The Bertz CT molecular complexity index is 738. The standard InChI is InChI=1S/C14H13ClN4O4/c1-22-10-3-2-8(15)6-9(10)19-11(20)7-23-14(21)12-13(16)18-5-4-17-12/h2-6H,7H2,1H3,(H2,16,18)(H,19,20). The van der Waals surface area contributed by atoms with Crippen LogP contribution in [-0.2, 0) is 9.53 Å². The molecule has 0 unspecified atom stereocenters. The first kappa shape index (κ1) is 16.5. The van der Waals surface area contributed by atoms with Crippen molar-refractivity contribution in [1.82, 2.24) is 9.97 Å². The van der Waals surface area contributed by atoms with Crippen LogP contribution in [0.2, 0.25) is 5.02 Å². The summed E-state index contributed by atoms with van der Waals surface area (Å²) in [4.78, 5) is 31.1. The number of carbonyl (C=O) groups excluding carboxylic acids is 2. The summed E-state index contributed by atoms with van der Waals surface area (Å²) in [5.74, 6) is -1.06. The van der Waals surface area contributed by atoms with Crippen LogP contribution in [0.3, 0.4) is 0 Å². The Morgan fingerprint density at radius 2 is 2.04 bits per heavy atom. The van der Waals surface area contributed by atoms with Crippen molar-refractivity contribution in [3.05, 3.63) is 41.3 Å². The van der Waals surface area contributed by atoms with E-state index in [0.29, 0.717) is 16.5 Å². The molecule has 0 spiro atoms. The molecule has 8 nitrogen and oxygen atoms in total. The number of nitrogens with two attached hydrogens (primary N) is 1. The second kappa shape index (κ2) is 7.41. The molecule has 0 saturated heterocycles. The van der Waals surface area contributed by atoms with Gasteiger partial charge in [0.1, 0.15) is 5.75 Å². The third-order valence-corrected chi connectivity index (χ3v) is 2.92. The van der Waals surface area contributed by atoms with Gasteiger partial charge in [0.25, 0.3) is 5.91 Å². The lowest BCUT2D eigenvalue weighted by molar-refractivity contribution is -0.119. The first-order valence-corrected chi connectivity index (χ1v) is 6.76. The molecule has 1 aromatic carbocycles. The van der Waals surface area contributed by atoms with Gasteiger partial charge >= 0.3 is 5.97 Å². The van der Waals surface area contributed by atoms with Crippen LogP contribution in [0.4, 0.5) is 11.5 Å². The van der Waals surface area contributed by atoms with Gasteiger partial charge in [0.05, 0.1) is 12.8 Å². The van der Waals surface area contributed by atoms with E-state index in [1.807, 2.05) is 0 Å². The third kappa shape index (κ3) is 4.30. The number of ether oxygens (including phenoxy) is 2. The maximum Gasteiger partial charge on any atom is 0.361 e. The van der Waals surface area contributed by atoms with Crippen molar-refractivity contribution < 1.29 is 19.1 Å². The minimum absolute atomic E-state index is 0.0746. The smallest absolute Gasteiger partial charge is 0.361 e. The lowest BCUT2D eigenvalue weighted by Crippen LogP contribution is -2.22. The number of nitrogen functional groups attached to an aromatic ring is 1. The van der Waals surface area contributed by atoms with Gasteiger partial charge in [-0.3, -0.25) is 4.79 Å². The molecule has 3 N–H and O–H groups in total. The summed E-state index contributed by atoms with van der Waals surface area (Å²) in [6.07, 6.45) is 2.63. The molecule has 0 aliphatic carbocycles. The fraction of sp³-hybridized carbons (Fsp3) is 0.143. The molecule has 120 valence electrons. The molecule has 0 fully saturated rings. The number of carbonyl (C=O) groups is 2. The zero-order chi connectivity index (χ0) is 16.8. The van der Waals surface area contributed by atoms with Gasteiger partial charge in [0.15, 0.2) is 18.1 Å². The van der Waals surface area contributed by atoms with E-state index >= 15 is 0 Å². The van der Waals surface area contributed by atoms with Gasteiger partial charge in [-0.1, -0.05) is 11.6 Å². The highest BCUT2D eigenvalue weighted by atomic mass is 35.5. The van der Waals surface area contributed by atoms with Crippen LogP contribution in [-0.4, -0.2) is 35.6 Å². The van der Waals surface area contributed by atoms with Crippen molar-refractivity contribution in [3.8, 4) is 5.75 Å². The molecule has 1 aromatic heterocycles. The van der Waals surface area contributed by atoms with E-state index in [1.54, 1.807) is 12.1 Å². The molecule has 0 aliphatic rings. The molecule has 0 aliphatic heterocycles. The third-order valence-electron chi connectivity index (χ3n) is 2.69. The van der Waals surface area contributed by atoms with E-state index in [-0.39, 0.29) is 11.5 Å². The van der Waals surface area contributed by atoms with Gasteiger partial charge in [-0.15, -0.1) is 0 Å². The molecule has 2 aromatic rings. The number of esters is 1. The number of hydrogen-bond donors (Lipinski definition) is 2. The summed E-state index contributed by atoms with van der Waals surface area (Å²) in [5, 5.41) is 2.95. The van der Waals surface area contributed by atoms with E-state index in [2.05, 4.69) is 15.3 Å². The highest BCUT2D eigenvalue weighted by Crippen LogP contribution is 2.27. The highest BCUT2D eigenvalue weighted by Gasteiger charge is 2.16. The Balaban J connectivity index is 1.97. The van der Waals surface area contributed by atoms with Crippen molar-refractivity contribution in [1.29, 1.82) is 0 Å². The summed E-state index contributed by atoms with van der Waals surface area (Å²) in [6, 6.07) is 4.73. The summed E-state index contributed by atoms with van der Waals surface area (Å²) < 4.78 is 9.94. The van der Waals surface area contributed by atoms with Gasteiger partial charge in [-0.2, -0.15) is 0 Å². The van der Waals surface area contributed by atoms with Crippen LogP contribution in [0.5, 0.6) is 5.75 Å². The summed E-state index contributed by atoms with van der Waals surface area (Å²) in [6.45, 7) is -0.523. The summed E-state index contributed by atoms with van der Waals surface area (Å²) >= 11 is 5.86. The molecule has 0 atom stereocenters. The van der Waals surface area contributed by atoms with Crippen molar-refractivity contribution in [2.45, 2.75) is 0 Å². The Morgan fingerprint density at radius 1 is 1.30 bits per heavy atom. The minimum atomic E-state index is -0.844. The number of nitrogens with one attached hydrogen (secondary N) is 1. The fourth-order valence-corrected chi connectivity index (χ4v) is 1.84. The second-order valence-corrected chi connectivity index (χ2v) is 4.70. The molecule has 0 bridgehead atoms. The second-order valence-electron chi connectivity index (χ2n) is 4.26. The van der Waals surface area contributed by atoms with Gasteiger partial charge in [0, 0.05) is 17.4 Å². The number of nitrogens with zero attached hydrogens (tertiary/aromatic N) is 2. The fourth-order valence-electron chi connectivity index (χ4n) is 1.67. The maximum absolute atomic E-state index is 11.9. The molecule has 0 radical (unpaired) electrons. The van der Waals surface area contributed by atoms with Gasteiger partial charge in [0.2, 0.25) is 0 Å². The first-order chi connectivity index (χ1) is 11.0. The molecule has 1 heterocycles. The molecule has 1 amide bonds. The Labute approximate surface area is 136 Å². The lowest BCUT2D eigenvalue weighted by atomic mass is 10.3. The van der Waals surface area contributed by atoms with Gasteiger partial charge < -0.3 is 20.5 Å². The van der Waals surface area contributed by atoms with E-state index < -0.39 is 18.5 Å². The van der Waals surface area contributed by atoms with Crippen LogP contribution in [0.1, 0.15) is 10.5 Å². The molecule has 0 saturated carbocycles. The predicted molar refractivity (Wildman–Crippen MR) is 83.4 cm³/mol. The monoisotopic (exact) mass is 336 g/mol. The number of rotatable bonds is 5. The largest absolute Gasteiger partial charge is 0.495 e. The number of anilines is 2. The average Bonchev–Trinajstić information content (AvgIpc) is 2.53.